The van der Waals surface area contributed by atoms with Gasteiger partial charge >= 0.3 is 6.29 Å². The SMILES string of the molecule is Nc1ccc([C+]=O)cc1. The predicted molar refractivity (Wildman–Crippen MR) is 35.6 cm³/mol. The van der Waals surface area contributed by atoms with Crippen molar-refractivity contribution in [1.29, 1.82) is 0 Å². The van der Waals surface area contributed by atoms with Crippen LogP contribution in [-0.2, 0) is 4.79 Å². The van der Waals surface area contributed by atoms with Crippen LogP contribution in [0, 0.1) is 0 Å². The van der Waals surface area contributed by atoms with Crippen LogP contribution in [0.1, 0.15) is 5.56 Å². The summed E-state index contributed by atoms with van der Waals surface area (Å²) in [6, 6.07) is 6.59. The molecular formula is C7H6NO+. The van der Waals surface area contributed by atoms with Gasteiger partial charge in [-0.25, -0.2) is 0 Å². The van der Waals surface area contributed by atoms with Gasteiger partial charge in [-0.05, 0) is 0 Å². The largest absolute Gasteiger partial charge is 0.397 e. The Balaban J connectivity index is 3.01. The second-order valence-electron chi connectivity index (χ2n) is 1.72. The van der Waals surface area contributed by atoms with Crippen LogP contribution in [0.3, 0.4) is 0 Å². The van der Waals surface area contributed by atoms with Crippen LogP contribution in [0.15, 0.2) is 24.3 Å². The third-order valence-electron chi connectivity index (χ3n) is 1.03. The van der Waals surface area contributed by atoms with Crippen molar-refractivity contribution in [1.82, 2.24) is 0 Å². The molecule has 1 rings (SSSR count). The lowest BCUT2D eigenvalue weighted by molar-refractivity contribution is 0.563. The van der Waals surface area contributed by atoms with Gasteiger partial charge in [0.15, 0.2) is 0 Å². The number of hydrogen-bond acceptors (Lipinski definition) is 2. The van der Waals surface area contributed by atoms with E-state index < -0.39 is 0 Å². The Labute approximate surface area is 53.3 Å². The van der Waals surface area contributed by atoms with Crippen LogP contribution >= 0.6 is 0 Å². The fourth-order valence-corrected chi connectivity index (χ4v) is 0.551. The van der Waals surface area contributed by atoms with Gasteiger partial charge < -0.3 is 5.73 Å². The zero-order chi connectivity index (χ0) is 6.69. The van der Waals surface area contributed by atoms with E-state index in [2.05, 4.69) is 0 Å². The van der Waals surface area contributed by atoms with Crippen LogP contribution in [0.4, 0.5) is 5.69 Å². The van der Waals surface area contributed by atoms with Crippen LogP contribution in [0.2, 0.25) is 0 Å². The molecule has 0 heterocycles. The minimum Gasteiger partial charge on any atom is -0.397 e. The lowest BCUT2D eigenvalue weighted by atomic mass is 10.2. The van der Waals surface area contributed by atoms with Crippen molar-refractivity contribution in [3.05, 3.63) is 29.8 Å². The molecule has 0 saturated carbocycles. The van der Waals surface area contributed by atoms with Gasteiger partial charge in [0.1, 0.15) is 0 Å². The van der Waals surface area contributed by atoms with Crippen LogP contribution in [0.5, 0.6) is 0 Å². The zero-order valence-corrected chi connectivity index (χ0v) is 4.79. The fourth-order valence-electron chi connectivity index (χ4n) is 0.551. The quantitative estimate of drug-likeness (QED) is 0.438. The number of rotatable bonds is 1. The molecule has 0 atom stereocenters. The van der Waals surface area contributed by atoms with Crippen molar-refractivity contribution < 1.29 is 4.79 Å². The molecule has 0 aliphatic rings. The molecule has 2 nitrogen and oxygen atoms in total. The molecule has 2 N–H and O–H groups in total. The second-order valence-corrected chi connectivity index (χ2v) is 1.72. The molecule has 0 bridgehead atoms. The first kappa shape index (κ1) is 5.73. The Morgan fingerprint density at radius 1 is 1.22 bits per heavy atom. The zero-order valence-electron chi connectivity index (χ0n) is 4.79. The number of nitrogen functional groups attached to an aromatic ring is 1. The van der Waals surface area contributed by atoms with E-state index in [9.17, 15) is 4.79 Å². The molecule has 44 valence electrons. The van der Waals surface area contributed by atoms with Gasteiger partial charge in [-0.2, -0.15) is 0 Å². The first-order valence-corrected chi connectivity index (χ1v) is 2.56. The summed E-state index contributed by atoms with van der Waals surface area (Å²) in [5.41, 5.74) is 6.54. The average Bonchev–Trinajstić information content (AvgIpc) is 1.90. The number of carbonyl (C=O) groups excluding carboxylic acids is 1. The summed E-state index contributed by atoms with van der Waals surface area (Å²) in [6.07, 6.45) is 1.75. The monoisotopic (exact) mass is 120 g/mol. The lowest BCUT2D eigenvalue weighted by Gasteiger charge is -1.81. The summed E-state index contributed by atoms with van der Waals surface area (Å²) < 4.78 is 0. The van der Waals surface area contributed by atoms with Gasteiger partial charge in [-0.15, -0.1) is 4.79 Å². The highest BCUT2D eigenvalue weighted by molar-refractivity contribution is 5.75. The predicted octanol–water partition coefficient (Wildman–Crippen LogP) is 0.727. The maximum atomic E-state index is 9.95. The molecule has 0 fully saturated rings. The molecule has 1 aromatic rings. The Morgan fingerprint density at radius 2 is 1.78 bits per heavy atom. The van der Waals surface area contributed by atoms with E-state index in [-0.39, 0.29) is 0 Å². The average molecular weight is 120 g/mol. The third kappa shape index (κ3) is 1.24. The second kappa shape index (κ2) is 2.25. The first-order valence-electron chi connectivity index (χ1n) is 2.56. The molecule has 0 saturated heterocycles. The van der Waals surface area contributed by atoms with Crippen LogP contribution < -0.4 is 5.73 Å². The van der Waals surface area contributed by atoms with E-state index in [1.165, 1.54) is 0 Å². The highest BCUT2D eigenvalue weighted by Gasteiger charge is 1.98. The van der Waals surface area contributed by atoms with Crippen molar-refractivity contribution in [3.63, 3.8) is 0 Å². The minimum atomic E-state index is 0.532. The molecule has 0 aliphatic heterocycles. The highest BCUT2D eigenvalue weighted by atomic mass is 16.1. The van der Waals surface area contributed by atoms with Gasteiger partial charge in [-0.3, -0.25) is 0 Å². The maximum absolute atomic E-state index is 9.95. The number of nitrogens with two attached hydrogens (primary N) is 1. The number of anilines is 1. The minimum absolute atomic E-state index is 0.532. The van der Waals surface area contributed by atoms with Crippen LogP contribution in [0.25, 0.3) is 0 Å². The molecule has 0 spiro atoms. The molecule has 0 aliphatic carbocycles. The summed E-state index contributed by atoms with van der Waals surface area (Å²) in [5.74, 6) is 0. The molecule has 0 amide bonds. The first-order chi connectivity index (χ1) is 4.33. The van der Waals surface area contributed by atoms with E-state index in [0.29, 0.717) is 11.3 Å². The van der Waals surface area contributed by atoms with Gasteiger partial charge in [0.05, 0.1) is 17.8 Å². The molecule has 0 radical (unpaired) electrons. The normalized spacial score (nSPS) is 8.44. The summed E-state index contributed by atoms with van der Waals surface area (Å²) in [6.45, 7) is 0. The molecule has 0 aromatic heterocycles. The highest BCUT2D eigenvalue weighted by Crippen LogP contribution is 2.01. The molecular weight excluding hydrogens is 114 g/mol. The summed E-state index contributed by atoms with van der Waals surface area (Å²) in [7, 11) is 0. The Bertz CT molecular complexity index is 203. The van der Waals surface area contributed by atoms with Gasteiger partial charge in [0, 0.05) is 12.1 Å². The summed E-state index contributed by atoms with van der Waals surface area (Å²) in [4.78, 5) is 9.95. The molecule has 9 heavy (non-hydrogen) atoms. The Morgan fingerprint density at radius 3 is 2.22 bits per heavy atom. The van der Waals surface area contributed by atoms with Crippen molar-refractivity contribution in [2.45, 2.75) is 0 Å². The van der Waals surface area contributed by atoms with E-state index in [4.69, 9.17) is 5.73 Å². The van der Waals surface area contributed by atoms with Crippen LogP contribution in [-0.4, -0.2) is 6.29 Å². The standard InChI is InChI=1S/C7H6NO/c8-7-3-1-6(5-9)2-4-7/h1-4H,8H2/q+1. The summed E-state index contributed by atoms with van der Waals surface area (Å²) in [5, 5.41) is 0. The molecule has 0 unspecified atom stereocenters. The fraction of sp³-hybridized carbons (Fsp3) is 0. The van der Waals surface area contributed by atoms with Crippen molar-refractivity contribution in [3.8, 4) is 0 Å². The van der Waals surface area contributed by atoms with Crippen molar-refractivity contribution >= 4 is 12.0 Å². The topological polar surface area (TPSA) is 43.1 Å². The van der Waals surface area contributed by atoms with E-state index in [1.807, 2.05) is 0 Å². The number of benzene rings is 1. The van der Waals surface area contributed by atoms with Gasteiger partial charge in [0.2, 0.25) is 5.56 Å². The van der Waals surface area contributed by atoms with E-state index in [1.54, 1.807) is 30.6 Å². The number of hydrogen-bond donors (Lipinski definition) is 1. The summed E-state index contributed by atoms with van der Waals surface area (Å²) >= 11 is 0. The van der Waals surface area contributed by atoms with E-state index in [0.717, 1.165) is 0 Å². The van der Waals surface area contributed by atoms with E-state index >= 15 is 0 Å². The lowest BCUT2D eigenvalue weighted by Crippen LogP contribution is -1.84. The van der Waals surface area contributed by atoms with Gasteiger partial charge in [-0.1, -0.05) is 0 Å². The third-order valence-corrected chi connectivity index (χ3v) is 1.03. The molecule has 2 heteroatoms. The smallest absolute Gasteiger partial charge is 0.303 e. The van der Waals surface area contributed by atoms with Gasteiger partial charge in [0.25, 0.3) is 0 Å². The Hall–Kier alpha value is -1.40. The maximum Gasteiger partial charge on any atom is 0.303 e. The van der Waals surface area contributed by atoms with Crippen molar-refractivity contribution in [2.75, 3.05) is 5.73 Å². The molecule has 1 aromatic carbocycles. The van der Waals surface area contributed by atoms with Crippen molar-refractivity contribution in [2.24, 2.45) is 0 Å². The Kier molecular flexibility index (Phi) is 1.43.